The molecular formula is C19H23BrN2O3S. The molecule has 0 saturated carbocycles. The molecule has 1 amide bonds. The highest BCUT2D eigenvalue weighted by molar-refractivity contribution is 9.10. The monoisotopic (exact) mass is 438 g/mol. The van der Waals surface area contributed by atoms with Gasteiger partial charge in [-0.1, -0.05) is 43.7 Å². The van der Waals surface area contributed by atoms with Gasteiger partial charge in [0, 0.05) is 24.1 Å². The van der Waals surface area contributed by atoms with Crippen LogP contribution < -0.4 is 5.32 Å². The van der Waals surface area contributed by atoms with Gasteiger partial charge in [-0.05, 0) is 46.6 Å². The van der Waals surface area contributed by atoms with E-state index >= 15 is 0 Å². The molecule has 0 aromatic heterocycles. The minimum atomic E-state index is -3.61. The van der Waals surface area contributed by atoms with Crippen LogP contribution in [0.15, 0.2) is 51.8 Å². The van der Waals surface area contributed by atoms with Gasteiger partial charge in [-0.2, -0.15) is 4.31 Å². The van der Waals surface area contributed by atoms with Gasteiger partial charge < -0.3 is 5.32 Å². The van der Waals surface area contributed by atoms with Crippen LogP contribution in [0, 0.1) is 6.92 Å². The SMILES string of the molecule is CCN(CC)S(=O)(=O)c1ccc(Br)c(C(=O)NCc2ccc(C)cc2)c1. The Labute approximate surface area is 163 Å². The van der Waals surface area contributed by atoms with E-state index in [1.54, 1.807) is 19.9 Å². The summed E-state index contributed by atoms with van der Waals surface area (Å²) < 4.78 is 27.3. The van der Waals surface area contributed by atoms with Crippen LogP contribution in [0.1, 0.15) is 35.3 Å². The molecule has 140 valence electrons. The number of nitrogens with one attached hydrogen (secondary N) is 1. The fraction of sp³-hybridized carbons (Fsp3) is 0.316. The zero-order valence-electron chi connectivity index (χ0n) is 15.1. The second-order valence-electron chi connectivity index (χ2n) is 5.90. The number of hydrogen-bond donors (Lipinski definition) is 1. The van der Waals surface area contributed by atoms with Gasteiger partial charge in [0.25, 0.3) is 5.91 Å². The fourth-order valence-electron chi connectivity index (χ4n) is 2.53. The predicted molar refractivity (Wildman–Crippen MR) is 107 cm³/mol. The van der Waals surface area contributed by atoms with E-state index in [0.717, 1.165) is 11.1 Å². The molecule has 5 nitrogen and oxygen atoms in total. The van der Waals surface area contributed by atoms with Crippen molar-refractivity contribution < 1.29 is 13.2 Å². The molecule has 0 aliphatic carbocycles. The lowest BCUT2D eigenvalue weighted by molar-refractivity contribution is 0.0950. The summed E-state index contributed by atoms with van der Waals surface area (Å²) >= 11 is 3.34. The summed E-state index contributed by atoms with van der Waals surface area (Å²) in [5.74, 6) is -0.325. The third-order valence-electron chi connectivity index (χ3n) is 4.10. The first-order valence-corrected chi connectivity index (χ1v) is 10.7. The molecule has 0 atom stereocenters. The fourth-order valence-corrected chi connectivity index (χ4v) is 4.45. The lowest BCUT2D eigenvalue weighted by Gasteiger charge is -2.19. The molecule has 2 aromatic rings. The first-order valence-electron chi connectivity index (χ1n) is 8.43. The lowest BCUT2D eigenvalue weighted by atomic mass is 10.1. The third kappa shape index (κ3) is 4.72. The van der Waals surface area contributed by atoms with Gasteiger partial charge in [-0.3, -0.25) is 4.79 Å². The molecule has 0 spiro atoms. The first kappa shape index (κ1) is 20.6. The first-order chi connectivity index (χ1) is 12.3. The second kappa shape index (κ2) is 8.79. The largest absolute Gasteiger partial charge is 0.348 e. The smallest absolute Gasteiger partial charge is 0.252 e. The summed E-state index contributed by atoms with van der Waals surface area (Å²) in [6.45, 7) is 6.71. The van der Waals surface area contributed by atoms with Gasteiger partial charge in [-0.15, -0.1) is 0 Å². The molecule has 0 radical (unpaired) electrons. The van der Waals surface area contributed by atoms with Gasteiger partial charge >= 0.3 is 0 Å². The van der Waals surface area contributed by atoms with Gasteiger partial charge in [0.2, 0.25) is 10.0 Å². The van der Waals surface area contributed by atoms with Gasteiger partial charge in [-0.25, -0.2) is 8.42 Å². The van der Waals surface area contributed by atoms with E-state index in [1.807, 2.05) is 31.2 Å². The van der Waals surface area contributed by atoms with Crippen molar-refractivity contribution in [1.82, 2.24) is 9.62 Å². The predicted octanol–water partition coefficient (Wildman–Crippen LogP) is 3.72. The zero-order chi connectivity index (χ0) is 19.3. The van der Waals surface area contributed by atoms with Crippen molar-refractivity contribution in [2.75, 3.05) is 13.1 Å². The van der Waals surface area contributed by atoms with E-state index in [9.17, 15) is 13.2 Å². The van der Waals surface area contributed by atoms with E-state index < -0.39 is 10.0 Å². The highest BCUT2D eigenvalue weighted by Gasteiger charge is 2.23. The van der Waals surface area contributed by atoms with E-state index in [1.165, 1.54) is 16.4 Å². The highest BCUT2D eigenvalue weighted by Crippen LogP contribution is 2.23. The van der Waals surface area contributed by atoms with Crippen LogP contribution in [0.4, 0.5) is 0 Å². The number of carbonyl (C=O) groups excluding carboxylic acids is 1. The van der Waals surface area contributed by atoms with Crippen molar-refractivity contribution in [1.29, 1.82) is 0 Å². The van der Waals surface area contributed by atoms with Crippen molar-refractivity contribution >= 4 is 31.9 Å². The molecule has 0 saturated heterocycles. The molecule has 2 aromatic carbocycles. The van der Waals surface area contributed by atoms with E-state index in [4.69, 9.17) is 0 Å². The van der Waals surface area contributed by atoms with E-state index in [-0.39, 0.29) is 10.8 Å². The zero-order valence-corrected chi connectivity index (χ0v) is 17.5. The Bertz CT molecular complexity index is 876. The van der Waals surface area contributed by atoms with Gasteiger partial charge in [0.15, 0.2) is 0 Å². The van der Waals surface area contributed by atoms with Crippen LogP contribution >= 0.6 is 15.9 Å². The van der Waals surface area contributed by atoms with Crippen molar-refractivity contribution in [2.45, 2.75) is 32.2 Å². The van der Waals surface area contributed by atoms with Crippen molar-refractivity contribution in [3.8, 4) is 0 Å². The molecule has 2 rings (SSSR count). The number of aryl methyl sites for hydroxylation is 1. The maximum atomic E-state index is 12.7. The Morgan fingerprint density at radius 2 is 1.69 bits per heavy atom. The van der Waals surface area contributed by atoms with Gasteiger partial charge in [0.05, 0.1) is 10.5 Å². The average molecular weight is 439 g/mol. The molecule has 1 N–H and O–H groups in total. The minimum Gasteiger partial charge on any atom is -0.348 e. The normalized spacial score (nSPS) is 11.6. The Hall–Kier alpha value is -1.70. The molecule has 0 aliphatic heterocycles. The van der Waals surface area contributed by atoms with Crippen molar-refractivity contribution in [3.05, 3.63) is 63.6 Å². The Morgan fingerprint density at radius 1 is 1.08 bits per heavy atom. The second-order valence-corrected chi connectivity index (χ2v) is 8.69. The summed E-state index contributed by atoms with van der Waals surface area (Å²) in [5.41, 5.74) is 2.43. The molecule has 26 heavy (non-hydrogen) atoms. The van der Waals surface area contributed by atoms with Crippen LogP contribution in [0.5, 0.6) is 0 Å². The Balaban J connectivity index is 2.23. The number of amides is 1. The molecule has 0 heterocycles. The molecule has 7 heteroatoms. The van der Waals surface area contributed by atoms with Crippen molar-refractivity contribution in [2.24, 2.45) is 0 Å². The van der Waals surface area contributed by atoms with E-state index in [0.29, 0.717) is 29.7 Å². The standard InChI is InChI=1S/C19H23BrN2O3S/c1-4-22(5-2)26(24,25)16-10-11-18(20)17(12-16)19(23)21-13-15-8-6-14(3)7-9-15/h6-12H,4-5,13H2,1-3H3,(H,21,23). The lowest BCUT2D eigenvalue weighted by Crippen LogP contribution is -2.31. The van der Waals surface area contributed by atoms with Crippen LogP contribution in [-0.4, -0.2) is 31.7 Å². The Morgan fingerprint density at radius 3 is 2.27 bits per heavy atom. The number of hydrogen-bond acceptors (Lipinski definition) is 3. The van der Waals surface area contributed by atoms with Gasteiger partial charge in [0.1, 0.15) is 0 Å². The van der Waals surface area contributed by atoms with Crippen LogP contribution in [0.2, 0.25) is 0 Å². The molecule has 0 fully saturated rings. The minimum absolute atomic E-state index is 0.116. The van der Waals surface area contributed by atoms with Crippen LogP contribution in [-0.2, 0) is 16.6 Å². The third-order valence-corrected chi connectivity index (χ3v) is 6.84. The van der Waals surface area contributed by atoms with E-state index in [2.05, 4.69) is 21.2 Å². The summed E-state index contributed by atoms with van der Waals surface area (Å²) in [5, 5.41) is 2.83. The van der Waals surface area contributed by atoms with Crippen LogP contribution in [0.3, 0.4) is 0 Å². The number of nitrogens with zero attached hydrogens (tertiary/aromatic N) is 1. The maximum Gasteiger partial charge on any atom is 0.252 e. The van der Waals surface area contributed by atoms with Crippen molar-refractivity contribution in [3.63, 3.8) is 0 Å². The molecular weight excluding hydrogens is 416 g/mol. The highest BCUT2D eigenvalue weighted by atomic mass is 79.9. The number of sulfonamides is 1. The number of halogens is 1. The van der Waals surface area contributed by atoms with Crippen LogP contribution in [0.25, 0.3) is 0 Å². The number of benzene rings is 2. The Kier molecular flexibility index (Phi) is 6.97. The molecule has 0 aliphatic rings. The number of carbonyl (C=O) groups is 1. The maximum absolute atomic E-state index is 12.7. The number of rotatable bonds is 7. The quantitative estimate of drug-likeness (QED) is 0.715. The summed E-state index contributed by atoms with van der Waals surface area (Å²) in [6.07, 6.45) is 0. The molecule has 0 unspecified atom stereocenters. The summed E-state index contributed by atoms with van der Waals surface area (Å²) in [4.78, 5) is 12.7. The summed E-state index contributed by atoms with van der Waals surface area (Å²) in [6, 6.07) is 12.4. The summed E-state index contributed by atoms with van der Waals surface area (Å²) in [7, 11) is -3.61. The molecule has 0 bridgehead atoms. The topological polar surface area (TPSA) is 66.5 Å². The average Bonchev–Trinajstić information content (AvgIpc) is 2.62.